The van der Waals surface area contributed by atoms with Crippen molar-refractivity contribution in [3.63, 3.8) is 0 Å². The molecule has 0 amide bonds. The van der Waals surface area contributed by atoms with E-state index in [1.165, 1.54) is 12.4 Å². The van der Waals surface area contributed by atoms with E-state index >= 15 is 4.39 Å². The van der Waals surface area contributed by atoms with E-state index in [0.29, 0.717) is 65.5 Å². The molecule has 0 radical (unpaired) electrons. The summed E-state index contributed by atoms with van der Waals surface area (Å²) >= 11 is 0. The predicted molar refractivity (Wildman–Crippen MR) is 128 cm³/mol. The van der Waals surface area contributed by atoms with Crippen LogP contribution in [0.15, 0.2) is 18.5 Å². The standard InChI is InChI=1S/C24H28FN7O3/c1-12-2-3-14(10-35-12)22-28-17-7-15(6-16(25)20(17)29-22)19-21-23(27-11-26-21)31-24(30-19)32-5-4-13(9-33)18(34)8-32/h6-7,11-14,18,33-34H,2-5,8-10H2,1H3,(H,28,29)(H,26,27,30,31)/t12-,13-,14-,18+/m1/s1. The number of nitrogens with zero attached hydrogens (tertiary/aromatic N) is 5. The molecule has 4 atom stereocenters. The first kappa shape index (κ1) is 22.3. The molecule has 10 nitrogen and oxygen atoms in total. The van der Waals surface area contributed by atoms with Crippen LogP contribution in [0.25, 0.3) is 33.5 Å². The van der Waals surface area contributed by atoms with Crippen LogP contribution in [0.5, 0.6) is 0 Å². The number of halogens is 1. The van der Waals surface area contributed by atoms with Crippen molar-refractivity contribution in [2.24, 2.45) is 5.92 Å². The minimum absolute atomic E-state index is 0.0585. The number of rotatable bonds is 4. The van der Waals surface area contributed by atoms with Crippen LogP contribution in [-0.4, -0.2) is 78.6 Å². The van der Waals surface area contributed by atoms with E-state index in [4.69, 9.17) is 9.72 Å². The number of aromatic amines is 2. The third-order valence-electron chi connectivity index (χ3n) is 7.23. The number of imidazole rings is 2. The maximum Gasteiger partial charge on any atom is 0.228 e. The summed E-state index contributed by atoms with van der Waals surface area (Å²) in [4.78, 5) is 26.4. The predicted octanol–water partition coefficient (Wildman–Crippen LogP) is 2.50. The molecule has 3 aromatic heterocycles. The summed E-state index contributed by atoms with van der Waals surface area (Å²) < 4.78 is 21.0. The average Bonchev–Trinajstić information content (AvgIpc) is 3.51. The van der Waals surface area contributed by atoms with E-state index < -0.39 is 11.9 Å². The molecular weight excluding hydrogens is 453 g/mol. The molecule has 0 aliphatic carbocycles. The lowest BCUT2D eigenvalue weighted by molar-refractivity contribution is 0.0140. The van der Waals surface area contributed by atoms with E-state index in [0.717, 1.165) is 18.7 Å². The molecule has 1 aromatic carbocycles. The number of nitrogens with one attached hydrogen (secondary N) is 2. The van der Waals surface area contributed by atoms with Crippen molar-refractivity contribution in [1.82, 2.24) is 29.9 Å². The maximum atomic E-state index is 15.2. The van der Waals surface area contributed by atoms with E-state index in [1.807, 2.05) is 11.0 Å². The van der Waals surface area contributed by atoms with Gasteiger partial charge in [0.1, 0.15) is 22.6 Å². The van der Waals surface area contributed by atoms with E-state index in [2.05, 4.69) is 31.8 Å². The number of β-amino-alcohol motifs (C(OH)–C–C–N with tert-alkyl or cyclic N) is 1. The number of anilines is 1. The molecule has 11 heteroatoms. The summed E-state index contributed by atoms with van der Waals surface area (Å²) in [6.07, 6.45) is 3.60. The van der Waals surface area contributed by atoms with Gasteiger partial charge in [0.15, 0.2) is 11.5 Å². The van der Waals surface area contributed by atoms with Crippen LogP contribution in [0.2, 0.25) is 0 Å². The molecule has 4 N–H and O–H groups in total. The third-order valence-corrected chi connectivity index (χ3v) is 7.23. The molecule has 4 aromatic rings. The summed E-state index contributed by atoms with van der Waals surface area (Å²) in [5, 5.41) is 19.8. The monoisotopic (exact) mass is 481 g/mol. The molecule has 35 heavy (non-hydrogen) atoms. The number of hydrogen-bond donors (Lipinski definition) is 4. The highest BCUT2D eigenvalue weighted by molar-refractivity contribution is 5.91. The van der Waals surface area contributed by atoms with Gasteiger partial charge in [-0.3, -0.25) is 0 Å². The molecule has 2 aliphatic heterocycles. The lowest BCUT2D eigenvalue weighted by atomic mass is 9.95. The van der Waals surface area contributed by atoms with Crippen molar-refractivity contribution in [3.05, 3.63) is 30.1 Å². The number of aromatic nitrogens is 6. The van der Waals surface area contributed by atoms with Crippen molar-refractivity contribution in [2.45, 2.75) is 44.3 Å². The van der Waals surface area contributed by atoms with E-state index in [1.54, 1.807) is 0 Å². The van der Waals surface area contributed by atoms with Gasteiger partial charge < -0.3 is 29.8 Å². The summed E-state index contributed by atoms with van der Waals surface area (Å²) in [6, 6.07) is 3.28. The summed E-state index contributed by atoms with van der Waals surface area (Å²) in [5.74, 6) is 0.661. The van der Waals surface area contributed by atoms with Gasteiger partial charge in [-0.25, -0.2) is 19.3 Å². The van der Waals surface area contributed by atoms with E-state index in [-0.39, 0.29) is 24.5 Å². The topological polar surface area (TPSA) is 136 Å². The average molecular weight is 482 g/mol. The van der Waals surface area contributed by atoms with Crippen LogP contribution in [0.1, 0.15) is 37.9 Å². The fourth-order valence-electron chi connectivity index (χ4n) is 5.07. The number of piperidine rings is 1. The molecule has 0 unspecified atom stereocenters. The first-order chi connectivity index (χ1) is 17.0. The normalized spacial score (nSPS) is 25.5. The highest BCUT2D eigenvalue weighted by atomic mass is 19.1. The number of aliphatic hydroxyl groups excluding tert-OH is 2. The summed E-state index contributed by atoms with van der Waals surface area (Å²) in [6.45, 7) is 3.47. The number of benzene rings is 1. The third kappa shape index (κ3) is 4.03. The zero-order valence-corrected chi connectivity index (χ0v) is 19.4. The van der Waals surface area contributed by atoms with Gasteiger partial charge in [0, 0.05) is 37.1 Å². The quantitative estimate of drug-likeness (QED) is 0.349. The second-order valence-electron chi connectivity index (χ2n) is 9.61. The Labute approximate surface area is 200 Å². The van der Waals surface area contributed by atoms with Crippen LogP contribution >= 0.6 is 0 Å². The molecule has 0 saturated carbocycles. The number of H-pyrrole nitrogens is 2. The molecule has 184 valence electrons. The minimum atomic E-state index is -0.681. The van der Waals surface area contributed by atoms with Gasteiger partial charge in [0.05, 0.1) is 30.7 Å². The smallest absolute Gasteiger partial charge is 0.228 e. The Morgan fingerprint density at radius 1 is 1.20 bits per heavy atom. The van der Waals surface area contributed by atoms with Crippen LogP contribution < -0.4 is 4.90 Å². The zero-order valence-electron chi connectivity index (χ0n) is 19.4. The van der Waals surface area contributed by atoms with Crippen molar-refractivity contribution in [2.75, 3.05) is 31.2 Å². The first-order valence-electron chi connectivity index (χ1n) is 12.1. The summed E-state index contributed by atoms with van der Waals surface area (Å²) in [5.41, 5.74) is 3.05. The van der Waals surface area contributed by atoms with Crippen LogP contribution in [0.4, 0.5) is 10.3 Å². The second-order valence-corrected chi connectivity index (χ2v) is 9.61. The number of aliphatic hydroxyl groups is 2. The van der Waals surface area contributed by atoms with Crippen molar-refractivity contribution >= 4 is 28.1 Å². The Kier molecular flexibility index (Phi) is 5.62. The molecule has 5 heterocycles. The Hall–Kier alpha value is -3.15. The highest BCUT2D eigenvalue weighted by Gasteiger charge is 2.29. The largest absolute Gasteiger partial charge is 0.396 e. The second kappa shape index (κ2) is 8.81. The molecule has 2 saturated heterocycles. The zero-order chi connectivity index (χ0) is 24.1. The molecule has 0 spiro atoms. The van der Waals surface area contributed by atoms with Gasteiger partial charge in [0.2, 0.25) is 5.95 Å². The first-order valence-corrected chi connectivity index (χ1v) is 12.1. The van der Waals surface area contributed by atoms with Gasteiger partial charge in [-0.05, 0) is 38.3 Å². The Morgan fingerprint density at radius 2 is 2.09 bits per heavy atom. The molecule has 2 fully saturated rings. The van der Waals surface area contributed by atoms with Crippen molar-refractivity contribution < 1.29 is 19.3 Å². The van der Waals surface area contributed by atoms with Gasteiger partial charge >= 0.3 is 0 Å². The van der Waals surface area contributed by atoms with Gasteiger partial charge in [-0.2, -0.15) is 4.98 Å². The highest BCUT2D eigenvalue weighted by Crippen LogP contribution is 2.33. The lowest BCUT2D eigenvalue weighted by Crippen LogP contribution is -2.45. The number of hydrogen-bond acceptors (Lipinski definition) is 8. The summed E-state index contributed by atoms with van der Waals surface area (Å²) in [7, 11) is 0. The van der Waals surface area contributed by atoms with Crippen LogP contribution in [0, 0.1) is 11.7 Å². The maximum absolute atomic E-state index is 15.2. The van der Waals surface area contributed by atoms with Gasteiger partial charge in [-0.15, -0.1) is 0 Å². The molecular formula is C24H28FN7O3. The fraction of sp³-hybridized carbons (Fsp3) is 0.500. The minimum Gasteiger partial charge on any atom is -0.396 e. The number of fused-ring (bicyclic) bond motifs is 2. The fourth-order valence-corrected chi connectivity index (χ4v) is 5.07. The lowest BCUT2D eigenvalue weighted by Gasteiger charge is -2.35. The number of ether oxygens (including phenoxy) is 1. The molecule has 2 aliphatic rings. The molecule has 6 rings (SSSR count). The molecule has 0 bridgehead atoms. The Morgan fingerprint density at radius 3 is 2.86 bits per heavy atom. The Balaban J connectivity index is 1.39. The SMILES string of the molecule is C[C@@H]1CC[C@@H](c2nc3c(F)cc(-c4nc(N5CC[C@H](CO)[C@@H](O)C5)nc5nc[nH]c45)cc3[nH]2)CO1. The van der Waals surface area contributed by atoms with E-state index in [9.17, 15) is 10.2 Å². The van der Waals surface area contributed by atoms with Gasteiger partial charge in [-0.1, -0.05) is 0 Å². The van der Waals surface area contributed by atoms with Crippen molar-refractivity contribution in [1.29, 1.82) is 0 Å². The van der Waals surface area contributed by atoms with Gasteiger partial charge in [0.25, 0.3) is 0 Å². The van der Waals surface area contributed by atoms with Crippen molar-refractivity contribution in [3.8, 4) is 11.3 Å². The van der Waals surface area contributed by atoms with Crippen LogP contribution in [-0.2, 0) is 4.74 Å². The van der Waals surface area contributed by atoms with Crippen LogP contribution in [0.3, 0.4) is 0 Å². The Bertz CT molecular complexity index is 1360.